The van der Waals surface area contributed by atoms with Crippen molar-refractivity contribution in [1.82, 2.24) is 20.5 Å². The van der Waals surface area contributed by atoms with Gasteiger partial charge in [-0.2, -0.15) is 5.10 Å². The fourth-order valence-electron chi connectivity index (χ4n) is 3.22. The molecule has 0 bridgehead atoms. The first-order chi connectivity index (χ1) is 11.4. The van der Waals surface area contributed by atoms with E-state index in [1.165, 1.54) is 5.57 Å². The number of aromatic amines is 1. The molecule has 0 radical (unpaired) electrons. The van der Waals surface area contributed by atoms with E-state index in [-0.39, 0.29) is 17.2 Å². The van der Waals surface area contributed by atoms with Crippen molar-refractivity contribution in [3.05, 3.63) is 47.8 Å². The third-order valence-corrected chi connectivity index (χ3v) is 4.70. The molecule has 0 unspecified atom stereocenters. The van der Waals surface area contributed by atoms with Gasteiger partial charge >= 0.3 is 0 Å². The van der Waals surface area contributed by atoms with Crippen LogP contribution < -0.4 is 5.32 Å². The summed E-state index contributed by atoms with van der Waals surface area (Å²) in [5.74, 6) is 1.75. The lowest BCUT2D eigenvalue weighted by Gasteiger charge is -2.03. The molecule has 1 fully saturated rings. The molecule has 0 spiro atoms. The minimum absolute atomic E-state index is 0.0258. The van der Waals surface area contributed by atoms with Crippen molar-refractivity contribution in [2.45, 2.75) is 34.2 Å². The normalized spacial score (nSPS) is 21.2. The molecule has 24 heavy (non-hydrogen) atoms. The van der Waals surface area contributed by atoms with Crippen LogP contribution in [0.2, 0.25) is 0 Å². The van der Waals surface area contributed by atoms with Crippen molar-refractivity contribution in [1.29, 1.82) is 0 Å². The number of carbonyl (C=O) groups is 1. The van der Waals surface area contributed by atoms with Crippen LogP contribution in [-0.2, 0) is 11.3 Å². The monoisotopic (exact) mass is 324 g/mol. The maximum atomic E-state index is 12.5. The maximum absolute atomic E-state index is 12.5. The molecule has 1 saturated carbocycles. The smallest absolute Gasteiger partial charge is 0.224 e. The Bertz CT molecular complexity index is 757. The largest absolute Gasteiger partial charge is 0.349 e. The third-order valence-electron chi connectivity index (χ3n) is 4.70. The van der Waals surface area contributed by atoms with Crippen LogP contribution in [0.5, 0.6) is 0 Å². The highest BCUT2D eigenvalue weighted by Crippen LogP contribution is 2.59. The summed E-state index contributed by atoms with van der Waals surface area (Å²) in [5.41, 5.74) is 2.24. The molecule has 126 valence electrons. The van der Waals surface area contributed by atoms with Gasteiger partial charge in [0, 0.05) is 5.56 Å². The van der Waals surface area contributed by atoms with Crippen molar-refractivity contribution in [3.63, 3.8) is 0 Å². The molecule has 5 heteroatoms. The summed E-state index contributed by atoms with van der Waals surface area (Å²) in [7, 11) is 0. The maximum Gasteiger partial charge on any atom is 0.224 e. The molecule has 2 atom stereocenters. The number of carbonyl (C=O) groups excluding carboxylic acids is 1. The number of rotatable bonds is 5. The summed E-state index contributed by atoms with van der Waals surface area (Å²) in [4.78, 5) is 16.9. The summed E-state index contributed by atoms with van der Waals surface area (Å²) in [6.07, 6.45) is 2.20. The number of amides is 1. The van der Waals surface area contributed by atoms with E-state index in [9.17, 15) is 4.79 Å². The number of hydrogen-bond donors (Lipinski definition) is 2. The van der Waals surface area contributed by atoms with E-state index in [1.54, 1.807) is 0 Å². The van der Waals surface area contributed by atoms with E-state index in [0.717, 1.165) is 5.56 Å². The molecule has 1 aromatic heterocycles. The quantitative estimate of drug-likeness (QED) is 0.829. The van der Waals surface area contributed by atoms with Gasteiger partial charge in [0.05, 0.1) is 12.5 Å². The lowest BCUT2D eigenvalue weighted by Crippen LogP contribution is -2.26. The van der Waals surface area contributed by atoms with Gasteiger partial charge in [-0.25, -0.2) is 4.98 Å². The number of nitrogens with one attached hydrogen (secondary N) is 2. The third kappa shape index (κ3) is 3.25. The van der Waals surface area contributed by atoms with Crippen LogP contribution in [0.25, 0.3) is 11.4 Å². The summed E-state index contributed by atoms with van der Waals surface area (Å²) in [6.45, 7) is 8.80. The van der Waals surface area contributed by atoms with E-state index >= 15 is 0 Å². The number of benzene rings is 1. The van der Waals surface area contributed by atoms with Crippen LogP contribution in [0.3, 0.4) is 0 Å². The first-order valence-electron chi connectivity index (χ1n) is 8.29. The first kappa shape index (κ1) is 16.4. The van der Waals surface area contributed by atoms with E-state index in [1.807, 2.05) is 30.3 Å². The zero-order valence-electron chi connectivity index (χ0n) is 14.6. The van der Waals surface area contributed by atoms with Gasteiger partial charge in [-0.3, -0.25) is 9.89 Å². The van der Waals surface area contributed by atoms with Crippen molar-refractivity contribution in [2.75, 3.05) is 0 Å². The second-order valence-corrected chi connectivity index (χ2v) is 7.26. The first-order valence-corrected chi connectivity index (χ1v) is 8.29. The number of aromatic nitrogens is 3. The Labute approximate surface area is 142 Å². The van der Waals surface area contributed by atoms with Crippen LogP contribution in [0.15, 0.2) is 42.0 Å². The number of nitrogens with zero attached hydrogens (tertiary/aromatic N) is 2. The molecule has 0 saturated heterocycles. The minimum Gasteiger partial charge on any atom is -0.349 e. The molecule has 1 aliphatic rings. The molecule has 3 rings (SSSR count). The van der Waals surface area contributed by atoms with Crippen molar-refractivity contribution >= 4 is 5.91 Å². The minimum atomic E-state index is 0.0258. The van der Waals surface area contributed by atoms with E-state index in [2.05, 4.69) is 54.3 Å². The predicted octanol–water partition coefficient (Wildman–Crippen LogP) is 3.33. The van der Waals surface area contributed by atoms with Gasteiger partial charge in [-0.05, 0) is 25.2 Å². The second kappa shape index (κ2) is 6.23. The standard InChI is InChI=1S/C19H24N4O/c1-12(2)10-14-16(19(14,3)4)18(24)20-11-15-21-17(23-22-15)13-8-6-5-7-9-13/h5-10,14,16H,11H2,1-4H3,(H,20,24)(H,21,22,23)/t14-,16-/m0/s1. The Kier molecular flexibility index (Phi) is 4.26. The summed E-state index contributed by atoms with van der Waals surface area (Å²) >= 11 is 0. The molecule has 2 aromatic rings. The lowest BCUT2D eigenvalue weighted by atomic mass is 10.1. The number of hydrogen-bond acceptors (Lipinski definition) is 3. The molecule has 0 aliphatic heterocycles. The van der Waals surface area contributed by atoms with Gasteiger partial charge < -0.3 is 5.32 Å². The fourth-order valence-corrected chi connectivity index (χ4v) is 3.22. The van der Waals surface area contributed by atoms with Gasteiger partial charge in [0.15, 0.2) is 5.82 Å². The topological polar surface area (TPSA) is 70.7 Å². The fraction of sp³-hybridized carbons (Fsp3) is 0.421. The zero-order chi connectivity index (χ0) is 17.3. The Morgan fingerprint density at radius 3 is 2.67 bits per heavy atom. The predicted molar refractivity (Wildman–Crippen MR) is 93.9 cm³/mol. The Hall–Kier alpha value is -2.43. The molecule has 5 nitrogen and oxygen atoms in total. The van der Waals surface area contributed by atoms with Gasteiger partial charge in [0.1, 0.15) is 5.82 Å². The molecule has 1 aromatic carbocycles. The van der Waals surface area contributed by atoms with E-state index in [0.29, 0.717) is 24.1 Å². The van der Waals surface area contributed by atoms with Crippen LogP contribution in [0, 0.1) is 17.3 Å². The molecular weight excluding hydrogens is 300 g/mol. The van der Waals surface area contributed by atoms with E-state index < -0.39 is 0 Å². The van der Waals surface area contributed by atoms with Crippen LogP contribution in [-0.4, -0.2) is 21.1 Å². The van der Waals surface area contributed by atoms with Crippen LogP contribution >= 0.6 is 0 Å². The Morgan fingerprint density at radius 1 is 1.29 bits per heavy atom. The zero-order valence-corrected chi connectivity index (χ0v) is 14.6. The highest BCUT2D eigenvalue weighted by molar-refractivity contribution is 5.83. The molecule has 1 amide bonds. The second-order valence-electron chi connectivity index (χ2n) is 7.26. The number of allylic oxidation sites excluding steroid dienone is 2. The van der Waals surface area contributed by atoms with Crippen LogP contribution in [0.4, 0.5) is 0 Å². The summed E-state index contributed by atoms with van der Waals surface area (Å²) in [5, 5.41) is 10.1. The van der Waals surface area contributed by atoms with Gasteiger partial charge in [0.25, 0.3) is 0 Å². The van der Waals surface area contributed by atoms with Crippen LogP contribution in [0.1, 0.15) is 33.5 Å². The van der Waals surface area contributed by atoms with Crippen molar-refractivity contribution < 1.29 is 4.79 Å². The van der Waals surface area contributed by atoms with E-state index in [4.69, 9.17) is 0 Å². The molecule has 1 aliphatic carbocycles. The van der Waals surface area contributed by atoms with Gasteiger partial charge in [-0.15, -0.1) is 0 Å². The summed E-state index contributed by atoms with van der Waals surface area (Å²) in [6, 6.07) is 9.78. The molecular formula is C19H24N4O. The average molecular weight is 324 g/mol. The van der Waals surface area contributed by atoms with Crippen molar-refractivity contribution in [2.24, 2.45) is 17.3 Å². The molecule has 2 N–H and O–H groups in total. The molecule has 1 heterocycles. The number of H-pyrrole nitrogens is 1. The SMILES string of the molecule is CC(C)=C[C@H]1[C@@H](C(=O)NCc2nc(-c3ccccc3)n[nH]2)C1(C)C. The average Bonchev–Trinajstić information content (AvgIpc) is 2.90. The van der Waals surface area contributed by atoms with Gasteiger partial charge in [-0.1, -0.05) is 55.8 Å². The van der Waals surface area contributed by atoms with Gasteiger partial charge in [0.2, 0.25) is 5.91 Å². The Morgan fingerprint density at radius 2 is 2.00 bits per heavy atom. The van der Waals surface area contributed by atoms with Crippen molar-refractivity contribution in [3.8, 4) is 11.4 Å². The highest BCUT2D eigenvalue weighted by atomic mass is 16.2. The lowest BCUT2D eigenvalue weighted by molar-refractivity contribution is -0.123. The highest BCUT2D eigenvalue weighted by Gasteiger charge is 2.60. The summed E-state index contributed by atoms with van der Waals surface area (Å²) < 4.78 is 0. The Balaban J connectivity index is 1.60.